The predicted molar refractivity (Wildman–Crippen MR) is 75.7 cm³/mol. The van der Waals surface area contributed by atoms with Crippen LogP contribution < -0.4 is 15.2 Å². The molecule has 0 aliphatic rings. The number of nitrogens with two attached hydrogens (primary N) is 1. The molecule has 0 atom stereocenters. The molecule has 94 valence electrons. The molecule has 0 aliphatic heterocycles. The van der Waals surface area contributed by atoms with Crippen molar-refractivity contribution in [2.45, 2.75) is 4.90 Å². The van der Waals surface area contributed by atoms with Crippen molar-refractivity contribution in [1.29, 1.82) is 0 Å². The Labute approximate surface area is 111 Å². The first-order chi connectivity index (χ1) is 8.72. The second kappa shape index (κ2) is 5.69. The third-order valence-electron chi connectivity index (χ3n) is 2.50. The van der Waals surface area contributed by atoms with Crippen LogP contribution >= 0.6 is 11.8 Å². The van der Waals surface area contributed by atoms with Crippen LogP contribution in [0.2, 0.25) is 0 Å². The van der Waals surface area contributed by atoms with Gasteiger partial charge in [-0.25, -0.2) is 0 Å². The fourth-order valence-electron chi connectivity index (χ4n) is 1.53. The molecule has 0 saturated carbocycles. The van der Waals surface area contributed by atoms with Crippen LogP contribution in [0.15, 0.2) is 47.4 Å². The van der Waals surface area contributed by atoms with Crippen LogP contribution in [0.3, 0.4) is 0 Å². The maximum absolute atomic E-state index is 5.75. The van der Waals surface area contributed by atoms with Crippen molar-refractivity contribution in [3.05, 3.63) is 42.5 Å². The zero-order valence-electron chi connectivity index (χ0n) is 10.3. The number of methoxy groups -OCH3 is 1. The number of benzene rings is 2. The molecule has 18 heavy (non-hydrogen) atoms. The summed E-state index contributed by atoms with van der Waals surface area (Å²) in [6.07, 6.45) is 2.04. The van der Waals surface area contributed by atoms with Gasteiger partial charge in [0.1, 0.15) is 17.2 Å². The predicted octanol–water partition coefficient (Wildman–Crippen LogP) is 3.79. The second-order valence-corrected chi connectivity index (χ2v) is 4.56. The summed E-state index contributed by atoms with van der Waals surface area (Å²) >= 11 is 1.70. The van der Waals surface area contributed by atoms with E-state index in [0.717, 1.165) is 5.75 Å². The molecular weight excluding hydrogens is 246 g/mol. The van der Waals surface area contributed by atoms with E-state index in [2.05, 4.69) is 0 Å². The van der Waals surface area contributed by atoms with E-state index in [1.807, 2.05) is 36.6 Å². The first-order valence-electron chi connectivity index (χ1n) is 5.48. The molecule has 0 amide bonds. The summed E-state index contributed by atoms with van der Waals surface area (Å²) in [5, 5.41) is 0. The van der Waals surface area contributed by atoms with Crippen LogP contribution in [0.4, 0.5) is 5.69 Å². The Morgan fingerprint density at radius 3 is 2.28 bits per heavy atom. The largest absolute Gasteiger partial charge is 0.494 e. The molecule has 2 N–H and O–H groups in total. The number of hydrogen-bond acceptors (Lipinski definition) is 4. The first kappa shape index (κ1) is 12.6. The van der Waals surface area contributed by atoms with Gasteiger partial charge in [-0.1, -0.05) is 0 Å². The lowest BCUT2D eigenvalue weighted by Gasteiger charge is -2.09. The van der Waals surface area contributed by atoms with Crippen molar-refractivity contribution < 1.29 is 9.47 Å². The lowest BCUT2D eigenvalue weighted by molar-refractivity contribution is 0.411. The van der Waals surface area contributed by atoms with Gasteiger partial charge in [-0.3, -0.25) is 0 Å². The first-order valence-corrected chi connectivity index (χ1v) is 6.71. The quantitative estimate of drug-likeness (QED) is 0.671. The lowest BCUT2D eigenvalue weighted by atomic mass is 10.3. The molecule has 0 saturated heterocycles. The molecule has 0 radical (unpaired) electrons. The molecule has 4 heteroatoms. The molecule has 0 fully saturated rings. The van der Waals surface area contributed by atoms with Gasteiger partial charge in [-0.15, -0.1) is 11.8 Å². The van der Waals surface area contributed by atoms with Gasteiger partial charge in [0.15, 0.2) is 0 Å². The molecule has 0 unspecified atom stereocenters. The number of rotatable bonds is 4. The molecule has 0 aliphatic carbocycles. The third-order valence-corrected chi connectivity index (χ3v) is 3.24. The Morgan fingerprint density at radius 2 is 1.67 bits per heavy atom. The summed E-state index contributed by atoms with van der Waals surface area (Å²) < 4.78 is 10.9. The number of thioether (sulfide) groups is 1. The van der Waals surface area contributed by atoms with E-state index in [-0.39, 0.29) is 0 Å². The van der Waals surface area contributed by atoms with Crippen LogP contribution in [0.5, 0.6) is 17.2 Å². The standard InChI is InChI=1S/C14H15NO2S/c1-16-14-9-11(5-8-13(14)15)17-10-3-6-12(18-2)7-4-10/h3-9H,15H2,1-2H3. The van der Waals surface area contributed by atoms with E-state index in [1.165, 1.54) is 4.90 Å². The fourth-order valence-corrected chi connectivity index (χ4v) is 1.94. The minimum atomic E-state index is 0.600. The normalized spacial score (nSPS) is 10.1. The minimum Gasteiger partial charge on any atom is -0.494 e. The van der Waals surface area contributed by atoms with Gasteiger partial charge in [0.25, 0.3) is 0 Å². The molecular formula is C14H15NO2S. The average molecular weight is 261 g/mol. The lowest BCUT2D eigenvalue weighted by Crippen LogP contribution is -1.93. The summed E-state index contributed by atoms with van der Waals surface area (Å²) in [4.78, 5) is 1.21. The number of ether oxygens (including phenoxy) is 2. The summed E-state index contributed by atoms with van der Waals surface area (Å²) in [7, 11) is 1.59. The zero-order valence-corrected chi connectivity index (χ0v) is 11.2. The monoisotopic (exact) mass is 261 g/mol. The Kier molecular flexibility index (Phi) is 3.99. The number of nitrogen functional groups attached to an aromatic ring is 1. The van der Waals surface area contributed by atoms with Crippen molar-refractivity contribution in [2.75, 3.05) is 19.1 Å². The SMILES string of the molecule is COc1cc(Oc2ccc(SC)cc2)ccc1N. The van der Waals surface area contributed by atoms with Crippen molar-refractivity contribution in [1.82, 2.24) is 0 Å². The summed E-state index contributed by atoms with van der Waals surface area (Å²) in [6.45, 7) is 0. The second-order valence-electron chi connectivity index (χ2n) is 3.68. The molecule has 3 nitrogen and oxygen atoms in total. The van der Waals surface area contributed by atoms with Gasteiger partial charge in [0, 0.05) is 11.0 Å². The summed E-state index contributed by atoms with van der Waals surface area (Å²) in [6, 6.07) is 13.3. The highest BCUT2D eigenvalue weighted by atomic mass is 32.2. The van der Waals surface area contributed by atoms with Crippen LogP contribution in [-0.2, 0) is 0 Å². The maximum atomic E-state index is 5.75. The van der Waals surface area contributed by atoms with Gasteiger partial charge in [0.2, 0.25) is 0 Å². The Morgan fingerprint density at radius 1 is 1.00 bits per heavy atom. The molecule has 0 heterocycles. The third kappa shape index (κ3) is 2.90. The molecule has 0 spiro atoms. The van der Waals surface area contributed by atoms with Gasteiger partial charge < -0.3 is 15.2 Å². The molecule has 2 aromatic carbocycles. The van der Waals surface area contributed by atoms with Gasteiger partial charge in [-0.05, 0) is 42.7 Å². The van der Waals surface area contributed by atoms with Gasteiger partial charge >= 0.3 is 0 Å². The highest BCUT2D eigenvalue weighted by Crippen LogP contribution is 2.30. The van der Waals surface area contributed by atoms with Crippen molar-refractivity contribution in [3.63, 3.8) is 0 Å². The van der Waals surface area contributed by atoms with E-state index in [1.54, 1.807) is 31.0 Å². The summed E-state index contributed by atoms with van der Waals surface area (Å²) in [5.74, 6) is 2.12. The van der Waals surface area contributed by atoms with E-state index >= 15 is 0 Å². The fraction of sp³-hybridized carbons (Fsp3) is 0.143. The van der Waals surface area contributed by atoms with E-state index in [9.17, 15) is 0 Å². The highest BCUT2D eigenvalue weighted by Gasteiger charge is 2.03. The molecule has 0 bridgehead atoms. The van der Waals surface area contributed by atoms with Crippen molar-refractivity contribution in [3.8, 4) is 17.2 Å². The summed E-state index contributed by atoms with van der Waals surface area (Å²) in [5.41, 5.74) is 6.35. The highest BCUT2D eigenvalue weighted by molar-refractivity contribution is 7.98. The van der Waals surface area contributed by atoms with E-state index in [4.69, 9.17) is 15.2 Å². The Bertz CT molecular complexity index is 526. The smallest absolute Gasteiger partial charge is 0.145 e. The van der Waals surface area contributed by atoms with E-state index < -0.39 is 0 Å². The van der Waals surface area contributed by atoms with E-state index in [0.29, 0.717) is 17.2 Å². The van der Waals surface area contributed by atoms with Crippen LogP contribution in [0.1, 0.15) is 0 Å². The van der Waals surface area contributed by atoms with Crippen LogP contribution in [0.25, 0.3) is 0 Å². The zero-order chi connectivity index (χ0) is 13.0. The Balaban J connectivity index is 2.17. The maximum Gasteiger partial charge on any atom is 0.145 e. The minimum absolute atomic E-state index is 0.600. The molecule has 0 aromatic heterocycles. The number of hydrogen-bond donors (Lipinski definition) is 1. The van der Waals surface area contributed by atoms with Crippen molar-refractivity contribution >= 4 is 17.4 Å². The van der Waals surface area contributed by atoms with Gasteiger partial charge in [0.05, 0.1) is 12.8 Å². The molecule has 2 rings (SSSR count). The van der Waals surface area contributed by atoms with Crippen LogP contribution in [-0.4, -0.2) is 13.4 Å². The van der Waals surface area contributed by atoms with Gasteiger partial charge in [-0.2, -0.15) is 0 Å². The average Bonchev–Trinajstić information content (AvgIpc) is 2.42. The van der Waals surface area contributed by atoms with Crippen molar-refractivity contribution in [2.24, 2.45) is 0 Å². The topological polar surface area (TPSA) is 44.5 Å². The number of anilines is 1. The van der Waals surface area contributed by atoms with Crippen LogP contribution in [0, 0.1) is 0 Å². The molecule has 2 aromatic rings. The Hall–Kier alpha value is -1.81.